The van der Waals surface area contributed by atoms with Gasteiger partial charge in [0.05, 0.1) is 11.4 Å². The molecule has 0 radical (unpaired) electrons. The number of carbonyl (C=O) groups is 1. The minimum atomic E-state index is -0.562. The summed E-state index contributed by atoms with van der Waals surface area (Å²) in [6.45, 7) is 2.43. The smallest absolute Gasteiger partial charge is 0.244 e. The Morgan fingerprint density at radius 3 is 2.73 bits per heavy atom. The number of benzene rings is 1. The molecule has 0 bridgehead atoms. The van der Waals surface area contributed by atoms with Gasteiger partial charge >= 0.3 is 0 Å². The molecule has 3 heterocycles. The van der Waals surface area contributed by atoms with Gasteiger partial charge in [-0.05, 0) is 35.9 Å². The van der Waals surface area contributed by atoms with E-state index in [-0.39, 0.29) is 5.91 Å². The van der Waals surface area contributed by atoms with E-state index in [1.807, 2.05) is 52.7 Å². The van der Waals surface area contributed by atoms with Crippen LogP contribution in [0.2, 0.25) is 0 Å². The second-order valence-corrected chi connectivity index (χ2v) is 9.29. The summed E-state index contributed by atoms with van der Waals surface area (Å²) in [6.07, 6.45) is 9.05. The Kier molecular flexibility index (Phi) is 5.92. The van der Waals surface area contributed by atoms with Crippen LogP contribution in [-0.4, -0.2) is 25.8 Å². The molecule has 5 rings (SSSR count). The lowest BCUT2D eigenvalue weighted by Crippen LogP contribution is -2.44. The Bertz CT molecular complexity index is 1250. The molecule has 1 N–H and O–H groups in total. The lowest BCUT2D eigenvalue weighted by Gasteiger charge is -2.25. The fraction of sp³-hybridized carbons (Fsp3) is 0.280. The van der Waals surface area contributed by atoms with E-state index in [1.165, 1.54) is 5.56 Å². The van der Waals surface area contributed by atoms with Crippen LogP contribution in [0.4, 0.5) is 0 Å². The Balaban J connectivity index is 1.38. The highest BCUT2D eigenvalue weighted by Crippen LogP contribution is 2.37. The molecule has 4 aromatic rings. The summed E-state index contributed by atoms with van der Waals surface area (Å²) in [5.41, 5.74) is 2.38. The van der Waals surface area contributed by atoms with Gasteiger partial charge in [0.25, 0.3) is 0 Å². The van der Waals surface area contributed by atoms with Crippen molar-refractivity contribution in [2.45, 2.75) is 44.7 Å². The maximum absolute atomic E-state index is 12.9. The molecule has 1 saturated carbocycles. The summed E-state index contributed by atoms with van der Waals surface area (Å²) in [6, 6.07) is 14.3. The van der Waals surface area contributed by atoms with E-state index in [9.17, 15) is 4.79 Å². The molecule has 0 spiro atoms. The molecule has 0 aliphatic heterocycles. The number of rotatable bonds is 7. The van der Waals surface area contributed by atoms with Gasteiger partial charge in [-0.2, -0.15) is 10.1 Å². The number of nitrogens with zero attached hydrogens (tertiary/aromatic N) is 4. The van der Waals surface area contributed by atoms with Crippen molar-refractivity contribution in [3.05, 3.63) is 83.0 Å². The first-order valence-electron chi connectivity index (χ1n) is 11.1. The second-order valence-electron chi connectivity index (χ2n) is 8.34. The topological polar surface area (TPSA) is 85.8 Å². The van der Waals surface area contributed by atoms with Crippen molar-refractivity contribution in [2.24, 2.45) is 0 Å². The van der Waals surface area contributed by atoms with Gasteiger partial charge < -0.3 is 9.84 Å². The SMILES string of the molecule is Cc1nc(C2(NC(=O)/C=C/c3cn(Cc4ccccc4)nc3-c3cccs3)CCCC2)no1. The van der Waals surface area contributed by atoms with Crippen molar-refractivity contribution in [2.75, 3.05) is 0 Å². The van der Waals surface area contributed by atoms with Gasteiger partial charge in [0.2, 0.25) is 11.8 Å². The third kappa shape index (κ3) is 4.66. The van der Waals surface area contributed by atoms with Crippen LogP contribution in [0.1, 0.15) is 48.5 Å². The zero-order valence-corrected chi connectivity index (χ0v) is 19.2. The molecule has 0 unspecified atom stereocenters. The highest BCUT2D eigenvalue weighted by atomic mass is 32.1. The van der Waals surface area contributed by atoms with Gasteiger partial charge in [-0.1, -0.05) is 54.4 Å². The van der Waals surface area contributed by atoms with Crippen molar-refractivity contribution in [1.82, 2.24) is 25.2 Å². The molecular weight excluding hydrogens is 434 g/mol. The molecule has 1 aromatic carbocycles. The Labute approximate surface area is 196 Å². The monoisotopic (exact) mass is 459 g/mol. The van der Waals surface area contributed by atoms with E-state index in [2.05, 4.69) is 27.6 Å². The molecule has 0 saturated heterocycles. The van der Waals surface area contributed by atoms with Crippen LogP contribution in [0.25, 0.3) is 16.6 Å². The van der Waals surface area contributed by atoms with E-state index >= 15 is 0 Å². The molecule has 1 fully saturated rings. The number of thiophene rings is 1. The second kappa shape index (κ2) is 9.15. The number of aromatic nitrogens is 4. The summed E-state index contributed by atoms with van der Waals surface area (Å²) >= 11 is 1.63. The molecule has 1 amide bonds. The summed E-state index contributed by atoms with van der Waals surface area (Å²) in [5, 5.41) is 14.1. The van der Waals surface area contributed by atoms with E-state index < -0.39 is 5.54 Å². The molecule has 0 atom stereocenters. The summed E-state index contributed by atoms with van der Waals surface area (Å²) in [4.78, 5) is 18.4. The van der Waals surface area contributed by atoms with Gasteiger partial charge in [0.15, 0.2) is 5.82 Å². The summed E-state index contributed by atoms with van der Waals surface area (Å²) < 4.78 is 7.10. The van der Waals surface area contributed by atoms with Crippen molar-refractivity contribution in [1.29, 1.82) is 0 Å². The fourth-order valence-electron chi connectivity index (χ4n) is 4.33. The molecule has 8 heteroatoms. The van der Waals surface area contributed by atoms with E-state index in [0.29, 0.717) is 18.3 Å². The largest absolute Gasteiger partial charge is 0.340 e. The maximum Gasteiger partial charge on any atom is 0.244 e. The summed E-state index contributed by atoms with van der Waals surface area (Å²) in [5.74, 6) is 0.897. The van der Waals surface area contributed by atoms with Crippen molar-refractivity contribution < 1.29 is 9.32 Å². The van der Waals surface area contributed by atoms with E-state index in [4.69, 9.17) is 9.62 Å². The van der Waals surface area contributed by atoms with Crippen molar-refractivity contribution >= 4 is 23.3 Å². The van der Waals surface area contributed by atoms with Crippen LogP contribution in [0, 0.1) is 6.92 Å². The molecule has 168 valence electrons. The van der Waals surface area contributed by atoms with Gasteiger partial charge in [0.1, 0.15) is 11.2 Å². The number of nitrogens with one attached hydrogen (secondary N) is 1. The average Bonchev–Trinajstić information content (AvgIpc) is 3.61. The third-order valence-electron chi connectivity index (χ3n) is 5.92. The first-order chi connectivity index (χ1) is 16.1. The molecule has 1 aliphatic rings. The normalized spacial score (nSPS) is 15.3. The number of hydrogen-bond acceptors (Lipinski definition) is 6. The van der Waals surface area contributed by atoms with Crippen LogP contribution in [0.15, 0.2) is 64.6 Å². The first-order valence-corrected chi connectivity index (χ1v) is 12.0. The lowest BCUT2D eigenvalue weighted by atomic mass is 9.96. The molecule has 33 heavy (non-hydrogen) atoms. The van der Waals surface area contributed by atoms with E-state index in [0.717, 1.165) is 41.8 Å². The number of hydrogen-bond donors (Lipinski definition) is 1. The number of amides is 1. The van der Waals surface area contributed by atoms with Crippen LogP contribution in [0.5, 0.6) is 0 Å². The van der Waals surface area contributed by atoms with Gasteiger partial charge in [0, 0.05) is 24.8 Å². The minimum absolute atomic E-state index is 0.174. The predicted molar refractivity (Wildman–Crippen MR) is 127 cm³/mol. The predicted octanol–water partition coefficient (Wildman–Crippen LogP) is 4.95. The maximum atomic E-state index is 12.9. The zero-order chi connectivity index (χ0) is 22.7. The highest BCUT2D eigenvalue weighted by molar-refractivity contribution is 7.13. The lowest BCUT2D eigenvalue weighted by molar-refractivity contribution is -0.118. The molecular formula is C25H25N5O2S. The van der Waals surface area contributed by atoms with Crippen LogP contribution in [0.3, 0.4) is 0 Å². The molecule has 7 nitrogen and oxygen atoms in total. The van der Waals surface area contributed by atoms with E-state index in [1.54, 1.807) is 24.3 Å². The Morgan fingerprint density at radius 1 is 1.21 bits per heavy atom. The average molecular weight is 460 g/mol. The Morgan fingerprint density at radius 2 is 2.03 bits per heavy atom. The van der Waals surface area contributed by atoms with Gasteiger partial charge in [-0.15, -0.1) is 11.3 Å². The Hall–Kier alpha value is -3.52. The van der Waals surface area contributed by atoms with Crippen LogP contribution >= 0.6 is 11.3 Å². The van der Waals surface area contributed by atoms with Gasteiger partial charge in [-0.3, -0.25) is 9.48 Å². The first kappa shape index (κ1) is 21.3. The highest BCUT2D eigenvalue weighted by Gasteiger charge is 2.40. The van der Waals surface area contributed by atoms with Crippen LogP contribution in [-0.2, 0) is 16.9 Å². The standard InChI is InChI=1S/C25H25N5O2S/c1-18-26-24(29-32-18)25(13-5-6-14-25)27-22(31)12-11-20-17-30(16-19-8-3-2-4-9-19)28-23(20)21-10-7-15-33-21/h2-4,7-12,15,17H,5-6,13-14,16H2,1H3,(H,27,31)/b12-11+. The number of aryl methyl sites for hydroxylation is 1. The van der Waals surface area contributed by atoms with Gasteiger partial charge in [-0.25, -0.2) is 0 Å². The fourth-order valence-corrected chi connectivity index (χ4v) is 5.07. The van der Waals surface area contributed by atoms with Crippen LogP contribution < -0.4 is 5.32 Å². The minimum Gasteiger partial charge on any atom is -0.340 e. The molecule has 1 aliphatic carbocycles. The van der Waals surface area contributed by atoms with Crippen molar-refractivity contribution in [3.63, 3.8) is 0 Å². The molecule has 3 aromatic heterocycles. The number of carbonyl (C=O) groups excluding carboxylic acids is 1. The quantitative estimate of drug-likeness (QED) is 0.395. The zero-order valence-electron chi connectivity index (χ0n) is 18.4. The third-order valence-corrected chi connectivity index (χ3v) is 6.80. The summed E-state index contributed by atoms with van der Waals surface area (Å²) in [7, 11) is 0. The van der Waals surface area contributed by atoms with Crippen molar-refractivity contribution in [3.8, 4) is 10.6 Å².